The lowest BCUT2D eigenvalue weighted by Gasteiger charge is -2.35. The number of amides is 1. The van der Waals surface area contributed by atoms with Crippen molar-refractivity contribution in [3.8, 4) is 5.75 Å². The van der Waals surface area contributed by atoms with Gasteiger partial charge in [-0.2, -0.15) is 0 Å². The third-order valence-corrected chi connectivity index (χ3v) is 3.78. The van der Waals surface area contributed by atoms with Gasteiger partial charge in [0.25, 0.3) is 0 Å². The van der Waals surface area contributed by atoms with E-state index in [1.807, 2.05) is 25.1 Å². The van der Waals surface area contributed by atoms with Crippen LogP contribution in [0.3, 0.4) is 0 Å². The lowest BCUT2D eigenvalue weighted by Crippen LogP contribution is -2.46. The highest BCUT2D eigenvalue weighted by molar-refractivity contribution is 5.92. The van der Waals surface area contributed by atoms with E-state index in [4.69, 9.17) is 9.47 Å². The van der Waals surface area contributed by atoms with Crippen LogP contribution in [0.15, 0.2) is 18.2 Å². The standard InChI is InChI=1S/C17H26N2O3/c1-12-5-6-16(21-4)15(9-12)18-17(20)7-8-19-10-13(2)22-14(3)11-19/h5-6,9,13-14H,7-8,10-11H2,1-4H3,(H,18,20)/t13-,14-/m0/s1. The molecule has 1 amide bonds. The number of nitrogens with zero attached hydrogens (tertiary/aromatic N) is 1. The number of hydrogen-bond acceptors (Lipinski definition) is 4. The van der Waals surface area contributed by atoms with Crippen molar-refractivity contribution >= 4 is 11.6 Å². The molecular weight excluding hydrogens is 280 g/mol. The molecule has 0 aliphatic carbocycles. The van der Waals surface area contributed by atoms with Gasteiger partial charge in [0.2, 0.25) is 5.91 Å². The van der Waals surface area contributed by atoms with Gasteiger partial charge in [-0.25, -0.2) is 0 Å². The van der Waals surface area contributed by atoms with Crippen LogP contribution in [0.25, 0.3) is 0 Å². The molecule has 1 aliphatic heterocycles. The van der Waals surface area contributed by atoms with E-state index in [1.54, 1.807) is 7.11 Å². The van der Waals surface area contributed by atoms with Crippen molar-refractivity contribution in [2.75, 3.05) is 32.1 Å². The maximum Gasteiger partial charge on any atom is 0.225 e. The fourth-order valence-electron chi connectivity index (χ4n) is 2.86. The van der Waals surface area contributed by atoms with E-state index in [9.17, 15) is 4.79 Å². The number of aryl methyl sites for hydroxylation is 1. The summed E-state index contributed by atoms with van der Waals surface area (Å²) in [6.07, 6.45) is 0.920. The van der Waals surface area contributed by atoms with Crippen molar-refractivity contribution in [1.82, 2.24) is 4.90 Å². The van der Waals surface area contributed by atoms with Gasteiger partial charge in [-0.15, -0.1) is 0 Å². The highest BCUT2D eigenvalue weighted by Crippen LogP contribution is 2.25. The van der Waals surface area contributed by atoms with Crippen LogP contribution in [0.4, 0.5) is 5.69 Å². The molecule has 1 saturated heterocycles. The summed E-state index contributed by atoms with van der Waals surface area (Å²) in [6, 6.07) is 5.76. The molecule has 1 heterocycles. The summed E-state index contributed by atoms with van der Waals surface area (Å²) < 4.78 is 11.0. The van der Waals surface area contributed by atoms with Crippen LogP contribution in [0.1, 0.15) is 25.8 Å². The number of rotatable bonds is 5. The van der Waals surface area contributed by atoms with Crippen LogP contribution in [0.5, 0.6) is 5.75 Å². The third kappa shape index (κ3) is 4.71. The van der Waals surface area contributed by atoms with E-state index < -0.39 is 0 Å². The Balaban J connectivity index is 1.87. The largest absolute Gasteiger partial charge is 0.495 e. The Morgan fingerprint density at radius 3 is 2.68 bits per heavy atom. The molecule has 0 saturated carbocycles. The minimum Gasteiger partial charge on any atom is -0.495 e. The number of ether oxygens (including phenoxy) is 2. The summed E-state index contributed by atoms with van der Waals surface area (Å²) in [5.41, 5.74) is 1.82. The van der Waals surface area contributed by atoms with Gasteiger partial charge >= 0.3 is 0 Å². The summed E-state index contributed by atoms with van der Waals surface area (Å²) in [6.45, 7) is 8.64. The van der Waals surface area contributed by atoms with E-state index >= 15 is 0 Å². The van der Waals surface area contributed by atoms with Crippen molar-refractivity contribution in [2.24, 2.45) is 0 Å². The first-order valence-electron chi connectivity index (χ1n) is 7.80. The molecule has 5 nitrogen and oxygen atoms in total. The zero-order valence-corrected chi connectivity index (χ0v) is 13.9. The molecule has 0 aromatic heterocycles. The maximum absolute atomic E-state index is 12.2. The van der Waals surface area contributed by atoms with Crippen LogP contribution in [-0.2, 0) is 9.53 Å². The van der Waals surface area contributed by atoms with Crippen molar-refractivity contribution < 1.29 is 14.3 Å². The summed E-state index contributed by atoms with van der Waals surface area (Å²) in [7, 11) is 1.61. The molecule has 0 radical (unpaired) electrons. The monoisotopic (exact) mass is 306 g/mol. The Morgan fingerprint density at radius 2 is 2.05 bits per heavy atom. The molecule has 0 spiro atoms. The Bertz CT molecular complexity index is 509. The lowest BCUT2D eigenvalue weighted by atomic mass is 10.2. The van der Waals surface area contributed by atoms with Gasteiger partial charge in [-0.3, -0.25) is 9.69 Å². The number of methoxy groups -OCH3 is 1. The molecule has 1 aliphatic rings. The summed E-state index contributed by atoms with van der Waals surface area (Å²) in [5.74, 6) is 0.697. The van der Waals surface area contributed by atoms with E-state index in [2.05, 4.69) is 24.1 Å². The third-order valence-electron chi connectivity index (χ3n) is 3.78. The van der Waals surface area contributed by atoms with Crippen molar-refractivity contribution in [2.45, 2.75) is 39.4 Å². The van der Waals surface area contributed by atoms with Gasteiger partial charge in [0.15, 0.2) is 0 Å². The van der Waals surface area contributed by atoms with Gasteiger partial charge in [0, 0.05) is 26.1 Å². The fourth-order valence-corrected chi connectivity index (χ4v) is 2.86. The molecule has 1 N–H and O–H groups in total. The topological polar surface area (TPSA) is 50.8 Å². The predicted molar refractivity (Wildman–Crippen MR) is 87.4 cm³/mol. The minimum absolute atomic E-state index is 0.00991. The number of carbonyl (C=O) groups is 1. The molecule has 0 unspecified atom stereocenters. The second-order valence-corrected chi connectivity index (χ2v) is 6.02. The summed E-state index contributed by atoms with van der Waals surface area (Å²) >= 11 is 0. The van der Waals surface area contributed by atoms with Crippen LogP contribution in [0.2, 0.25) is 0 Å². The highest BCUT2D eigenvalue weighted by atomic mass is 16.5. The zero-order chi connectivity index (χ0) is 16.1. The van der Waals surface area contributed by atoms with Gasteiger partial charge in [-0.05, 0) is 38.5 Å². The molecule has 1 aromatic carbocycles. The normalized spacial score (nSPS) is 22.4. The molecule has 122 valence electrons. The Hall–Kier alpha value is -1.59. The maximum atomic E-state index is 12.2. The number of hydrogen-bond donors (Lipinski definition) is 1. The van der Waals surface area contributed by atoms with Crippen molar-refractivity contribution in [1.29, 1.82) is 0 Å². The van der Waals surface area contributed by atoms with Gasteiger partial charge in [0.1, 0.15) is 5.75 Å². The summed E-state index contributed by atoms with van der Waals surface area (Å²) in [5, 5.41) is 2.94. The first kappa shape index (κ1) is 16.8. The van der Waals surface area contributed by atoms with E-state index in [1.165, 1.54) is 0 Å². The summed E-state index contributed by atoms with van der Waals surface area (Å²) in [4.78, 5) is 14.5. The molecular formula is C17H26N2O3. The predicted octanol–water partition coefficient (Wildman–Crippen LogP) is 2.44. The fraction of sp³-hybridized carbons (Fsp3) is 0.588. The van der Waals surface area contributed by atoms with Gasteiger partial charge in [0.05, 0.1) is 25.0 Å². The molecule has 2 atom stereocenters. The molecule has 5 heteroatoms. The second kappa shape index (κ2) is 7.61. The van der Waals surface area contributed by atoms with Crippen molar-refractivity contribution in [3.63, 3.8) is 0 Å². The van der Waals surface area contributed by atoms with Gasteiger partial charge < -0.3 is 14.8 Å². The number of carbonyl (C=O) groups excluding carboxylic acids is 1. The second-order valence-electron chi connectivity index (χ2n) is 6.02. The molecule has 0 bridgehead atoms. The number of benzene rings is 1. The number of anilines is 1. The number of morpholine rings is 1. The lowest BCUT2D eigenvalue weighted by molar-refractivity contribution is -0.117. The average molecular weight is 306 g/mol. The van der Waals surface area contributed by atoms with Crippen LogP contribution in [0, 0.1) is 6.92 Å². The zero-order valence-electron chi connectivity index (χ0n) is 13.9. The van der Waals surface area contributed by atoms with E-state index in [-0.39, 0.29) is 18.1 Å². The highest BCUT2D eigenvalue weighted by Gasteiger charge is 2.22. The van der Waals surface area contributed by atoms with Gasteiger partial charge in [-0.1, -0.05) is 6.07 Å². The van der Waals surface area contributed by atoms with E-state index in [0.717, 1.165) is 30.9 Å². The first-order chi connectivity index (χ1) is 10.5. The van der Waals surface area contributed by atoms with Crippen molar-refractivity contribution in [3.05, 3.63) is 23.8 Å². The smallest absolute Gasteiger partial charge is 0.225 e. The van der Waals surface area contributed by atoms with E-state index in [0.29, 0.717) is 12.2 Å². The Morgan fingerprint density at radius 1 is 1.36 bits per heavy atom. The molecule has 1 aromatic rings. The average Bonchev–Trinajstić information content (AvgIpc) is 2.44. The minimum atomic E-state index is 0.00991. The van der Waals surface area contributed by atoms with Crippen LogP contribution >= 0.6 is 0 Å². The number of nitrogens with one attached hydrogen (secondary N) is 1. The Kier molecular flexibility index (Phi) is 5.80. The quantitative estimate of drug-likeness (QED) is 0.908. The molecule has 1 fully saturated rings. The van der Waals surface area contributed by atoms with Crippen LogP contribution < -0.4 is 10.1 Å². The van der Waals surface area contributed by atoms with Crippen LogP contribution in [-0.4, -0.2) is 49.8 Å². The first-order valence-corrected chi connectivity index (χ1v) is 7.80. The molecule has 2 rings (SSSR count). The molecule has 22 heavy (non-hydrogen) atoms. The Labute approximate surface area is 132 Å². The SMILES string of the molecule is COc1ccc(C)cc1NC(=O)CCN1C[C@H](C)O[C@@H](C)C1.